The Bertz CT molecular complexity index is 1070. The molecule has 2 unspecified atom stereocenters. The molecule has 0 amide bonds. The average molecular weight is 456 g/mol. The molecular formula is C23H25N3O5S. The zero-order valence-electron chi connectivity index (χ0n) is 17.8. The van der Waals surface area contributed by atoms with Gasteiger partial charge in [-0.1, -0.05) is 65.2 Å². The van der Waals surface area contributed by atoms with Gasteiger partial charge in [-0.2, -0.15) is 0 Å². The van der Waals surface area contributed by atoms with Crippen LogP contribution in [-0.4, -0.2) is 27.8 Å². The summed E-state index contributed by atoms with van der Waals surface area (Å²) >= 11 is 0. The monoisotopic (exact) mass is 455 g/mol. The lowest BCUT2D eigenvalue weighted by molar-refractivity contribution is -0.173. The number of aliphatic carboxylic acids is 1. The molecule has 1 aliphatic heterocycles. The Labute approximate surface area is 188 Å². The highest BCUT2D eigenvalue weighted by atomic mass is 32.2. The van der Waals surface area contributed by atoms with E-state index in [0.717, 1.165) is 11.1 Å². The minimum absolute atomic E-state index is 0.136. The Morgan fingerprint density at radius 3 is 2.38 bits per heavy atom. The second-order valence-corrected chi connectivity index (χ2v) is 9.05. The summed E-state index contributed by atoms with van der Waals surface area (Å²) in [6.45, 7) is 3.11. The zero-order valence-corrected chi connectivity index (χ0v) is 18.6. The molecule has 0 spiro atoms. The van der Waals surface area contributed by atoms with E-state index < -0.39 is 34.3 Å². The van der Waals surface area contributed by atoms with Crippen molar-refractivity contribution in [3.05, 3.63) is 82.9 Å². The molecule has 0 bridgehead atoms. The van der Waals surface area contributed by atoms with Crippen LogP contribution in [0.4, 0.5) is 0 Å². The second kappa shape index (κ2) is 10.3. The number of ether oxygens (including phenoxy) is 1. The Hall–Kier alpha value is -3.30. The molecule has 3 rings (SSSR count). The number of rotatable bonds is 9. The summed E-state index contributed by atoms with van der Waals surface area (Å²) < 4.78 is 9.87. The smallest absolute Gasteiger partial charge is 0.341 e. The molecule has 1 aliphatic rings. The minimum atomic E-state index is -1.39. The predicted octanol–water partition coefficient (Wildman–Crippen LogP) is 3.67. The molecule has 0 saturated carbocycles. The molecule has 2 aromatic rings. The summed E-state index contributed by atoms with van der Waals surface area (Å²) in [5.41, 5.74) is 6.64. The van der Waals surface area contributed by atoms with Crippen molar-refractivity contribution in [3.8, 4) is 0 Å². The summed E-state index contributed by atoms with van der Waals surface area (Å²) in [5.74, 6) is -1.60. The first kappa shape index (κ1) is 23.4. The van der Waals surface area contributed by atoms with Gasteiger partial charge >= 0.3 is 11.9 Å². The van der Waals surface area contributed by atoms with Gasteiger partial charge in [0.05, 0.1) is 12.1 Å². The Balaban J connectivity index is 1.73. The second-order valence-electron chi connectivity index (χ2n) is 7.61. The van der Waals surface area contributed by atoms with Gasteiger partial charge in [-0.05, 0) is 25.0 Å². The van der Waals surface area contributed by atoms with Crippen molar-refractivity contribution in [2.45, 2.75) is 38.4 Å². The molecule has 0 radical (unpaired) electrons. The van der Waals surface area contributed by atoms with Crippen LogP contribution < -0.4 is 5.73 Å². The highest BCUT2D eigenvalue weighted by Crippen LogP contribution is 2.26. The molecule has 8 nitrogen and oxygen atoms in total. The number of nitrogens with zero attached hydrogens (tertiary/aromatic N) is 2. The maximum atomic E-state index is 13.0. The molecular weight excluding hydrogens is 430 g/mol. The van der Waals surface area contributed by atoms with E-state index >= 15 is 0 Å². The lowest BCUT2D eigenvalue weighted by Gasteiger charge is -2.25. The normalized spacial score (nSPS) is 16.9. The van der Waals surface area contributed by atoms with E-state index in [1.54, 1.807) is 13.8 Å². The Morgan fingerprint density at radius 2 is 1.75 bits per heavy atom. The number of carbonyl (C=O) groups excluding carboxylic acids is 1. The quantitative estimate of drug-likeness (QED) is 0.439. The summed E-state index contributed by atoms with van der Waals surface area (Å²) in [5, 5.41) is 10.5. The maximum Gasteiger partial charge on any atom is 0.341 e. The number of hydrogen-bond donors (Lipinski definition) is 2. The molecule has 2 atom stereocenters. The number of nitrogens with two attached hydrogens (primary N) is 1. The molecule has 0 fully saturated rings. The first-order valence-corrected chi connectivity index (χ1v) is 11.2. The zero-order chi connectivity index (χ0) is 23.1. The van der Waals surface area contributed by atoms with E-state index in [0.29, 0.717) is 12.1 Å². The third-order valence-corrected chi connectivity index (χ3v) is 5.82. The maximum absolute atomic E-state index is 13.0. The van der Waals surface area contributed by atoms with Crippen molar-refractivity contribution < 1.29 is 24.3 Å². The van der Waals surface area contributed by atoms with E-state index in [9.17, 15) is 9.59 Å². The van der Waals surface area contributed by atoms with E-state index in [2.05, 4.69) is 9.52 Å². The molecule has 3 N–H and O–H groups in total. The highest BCUT2D eigenvalue weighted by Gasteiger charge is 2.34. The number of esters is 1. The molecule has 168 valence electrons. The third kappa shape index (κ3) is 6.35. The van der Waals surface area contributed by atoms with Crippen LogP contribution in [0.1, 0.15) is 37.5 Å². The molecule has 9 heteroatoms. The predicted molar refractivity (Wildman–Crippen MR) is 122 cm³/mol. The SMILES string of the molecule is CC(C)(O/N=S1/C=C(CC(=O)O)N=C1N)C(=O)OC(Cc1ccccc1)c1ccccc1. The van der Waals surface area contributed by atoms with Crippen LogP contribution in [0.5, 0.6) is 0 Å². The Morgan fingerprint density at radius 1 is 1.12 bits per heavy atom. The molecule has 2 aromatic carbocycles. The lowest BCUT2D eigenvalue weighted by Crippen LogP contribution is -2.36. The summed E-state index contributed by atoms with van der Waals surface area (Å²) in [4.78, 5) is 33.3. The molecule has 0 saturated heterocycles. The van der Waals surface area contributed by atoms with Crippen molar-refractivity contribution >= 4 is 27.8 Å². The van der Waals surface area contributed by atoms with Gasteiger partial charge in [-0.25, -0.2) is 14.6 Å². The summed E-state index contributed by atoms with van der Waals surface area (Å²) in [7, 11) is -1.06. The van der Waals surface area contributed by atoms with Gasteiger partial charge in [-0.3, -0.25) is 4.79 Å². The van der Waals surface area contributed by atoms with Crippen molar-refractivity contribution in [3.63, 3.8) is 0 Å². The lowest BCUT2D eigenvalue weighted by atomic mass is 10.0. The van der Waals surface area contributed by atoms with Crippen molar-refractivity contribution in [2.75, 3.05) is 0 Å². The van der Waals surface area contributed by atoms with Gasteiger partial charge in [-0.15, -0.1) is 0 Å². The van der Waals surface area contributed by atoms with Gasteiger partial charge in [0.1, 0.15) is 6.10 Å². The number of hydrogen-bond acceptors (Lipinski definition) is 7. The van der Waals surface area contributed by atoms with Crippen LogP contribution in [0.25, 0.3) is 0 Å². The van der Waals surface area contributed by atoms with Gasteiger partial charge in [0.2, 0.25) is 0 Å². The summed E-state index contributed by atoms with van der Waals surface area (Å²) in [6, 6.07) is 19.3. The largest absolute Gasteiger partial charge is 0.481 e. The minimum Gasteiger partial charge on any atom is -0.481 e. The van der Waals surface area contributed by atoms with Crippen LogP contribution in [0.2, 0.25) is 0 Å². The topological polar surface area (TPSA) is 124 Å². The molecule has 32 heavy (non-hydrogen) atoms. The van der Waals surface area contributed by atoms with Crippen LogP contribution >= 0.6 is 0 Å². The standard InChI is InChI=1S/C23H25N3O5S/c1-23(2,31-26-32-15-18(14-20(27)28)25-22(32)24)21(29)30-19(17-11-7-4-8-12-17)13-16-9-5-3-6-10-16/h3-12,15,19H,13-14H2,1-2H3,(H2,24,25)(H,27,28). The third-order valence-electron chi connectivity index (χ3n) is 4.57. The fourth-order valence-electron chi connectivity index (χ4n) is 2.86. The van der Waals surface area contributed by atoms with E-state index in [-0.39, 0.29) is 11.6 Å². The highest BCUT2D eigenvalue weighted by molar-refractivity contribution is 8.05. The van der Waals surface area contributed by atoms with Gasteiger partial charge in [0.15, 0.2) is 10.8 Å². The van der Waals surface area contributed by atoms with Crippen molar-refractivity contribution in [1.29, 1.82) is 0 Å². The van der Waals surface area contributed by atoms with E-state index in [1.165, 1.54) is 5.41 Å². The van der Waals surface area contributed by atoms with Crippen molar-refractivity contribution in [2.24, 2.45) is 15.3 Å². The molecule has 1 heterocycles. The number of carboxylic acid groups (broad SMARTS) is 1. The molecule has 0 aliphatic carbocycles. The first-order chi connectivity index (χ1) is 15.2. The number of carboxylic acids is 1. The molecule has 0 aromatic heterocycles. The van der Waals surface area contributed by atoms with Crippen LogP contribution in [0.3, 0.4) is 0 Å². The summed E-state index contributed by atoms with van der Waals surface area (Å²) in [6.07, 6.45) is -0.255. The van der Waals surface area contributed by atoms with Gasteiger partial charge in [0, 0.05) is 22.5 Å². The van der Waals surface area contributed by atoms with E-state index in [4.69, 9.17) is 20.4 Å². The average Bonchev–Trinajstić information content (AvgIpc) is 3.11. The fraction of sp³-hybridized carbons (Fsp3) is 0.261. The van der Waals surface area contributed by atoms with Gasteiger partial charge < -0.3 is 15.6 Å². The van der Waals surface area contributed by atoms with Crippen LogP contribution in [0, 0.1) is 0 Å². The van der Waals surface area contributed by atoms with Crippen molar-refractivity contribution in [1.82, 2.24) is 0 Å². The van der Waals surface area contributed by atoms with Crippen LogP contribution in [0.15, 0.2) is 81.3 Å². The first-order valence-electron chi connectivity index (χ1n) is 9.93. The number of amidine groups is 1. The fourth-order valence-corrected chi connectivity index (χ4v) is 3.98. The number of aliphatic imine (C=N–C) groups is 1. The Kier molecular flexibility index (Phi) is 7.55. The van der Waals surface area contributed by atoms with Gasteiger partial charge in [0.25, 0.3) is 0 Å². The van der Waals surface area contributed by atoms with Crippen LogP contribution in [-0.2, 0) is 36.3 Å². The number of carbonyl (C=O) groups is 2. The number of benzene rings is 2. The van der Waals surface area contributed by atoms with E-state index in [1.807, 2.05) is 60.7 Å².